The standard InChI is InChI=1S/C11H14N4O/c1-3-5-11-12-13-14-15(11)9-6-4-7-10(8-9)16-2/h4,6-8H,3,5H2,1-2H3. The van der Waals surface area contributed by atoms with Crippen LogP contribution in [0.1, 0.15) is 19.2 Å². The van der Waals surface area contributed by atoms with Gasteiger partial charge in [0.15, 0.2) is 5.82 Å². The number of hydrogen-bond acceptors (Lipinski definition) is 4. The van der Waals surface area contributed by atoms with Crippen molar-refractivity contribution in [1.82, 2.24) is 20.2 Å². The number of nitrogens with zero attached hydrogens (tertiary/aromatic N) is 4. The molecule has 0 atom stereocenters. The van der Waals surface area contributed by atoms with Gasteiger partial charge in [-0.3, -0.25) is 0 Å². The smallest absolute Gasteiger partial charge is 0.156 e. The predicted molar refractivity (Wildman–Crippen MR) is 59.7 cm³/mol. The Morgan fingerprint density at radius 1 is 1.38 bits per heavy atom. The normalized spacial score (nSPS) is 10.4. The molecule has 0 aliphatic carbocycles. The van der Waals surface area contributed by atoms with Crippen molar-refractivity contribution in [3.63, 3.8) is 0 Å². The maximum Gasteiger partial charge on any atom is 0.156 e. The van der Waals surface area contributed by atoms with E-state index in [0.29, 0.717) is 0 Å². The van der Waals surface area contributed by atoms with Crippen molar-refractivity contribution in [2.75, 3.05) is 7.11 Å². The first kappa shape index (κ1) is 10.6. The van der Waals surface area contributed by atoms with Crippen molar-refractivity contribution in [2.24, 2.45) is 0 Å². The van der Waals surface area contributed by atoms with Crippen molar-refractivity contribution in [2.45, 2.75) is 19.8 Å². The van der Waals surface area contributed by atoms with Crippen LogP contribution in [-0.4, -0.2) is 27.3 Å². The van der Waals surface area contributed by atoms with Crippen molar-refractivity contribution < 1.29 is 4.74 Å². The second-order valence-corrected chi connectivity index (χ2v) is 3.46. The van der Waals surface area contributed by atoms with Crippen LogP contribution in [0.2, 0.25) is 0 Å². The molecule has 0 saturated carbocycles. The molecule has 0 aliphatic rings. The topological polar surface area (TPSA) is 52.8 Å². The molecule has 0 aliphatic heterocycles. The molecule has 2 aromatic rings. The highest BCUT2D eigenvalue weighted by Gasteiger charge is 2.07. The van der Waals surface area contributed by atoms with Crippen LogP contribution in [0.25, 0.3) is 5.69 Å². The Balaban J connectivity index is 2.37. The minimum Gasteiger partial charge on any atom is -0.497 e. The van der Waals surface area contributed by atoms with E-state index < -0.39 is 0 Å². The number of rotatable bonds is 4. The third kappa shape index (κ3) is 2.03. The van der Waals surface area contributed by atoms with Crippen LogP contribution >= 0.6 is 0 Å². The molecule has 0 radical (unpaired) electrons. The molecular weight excluding hydrogens is 204 g/mol. The Bertz CT molecular complexity index is 467. The summed E-state index contributed by atoms with van der Waals surface area (Å²) in [6.45, 7) is 2.10. The molecule has 0 bridgehead atoms. The Hall–Kier alpha value is -1.91. The van der Waals surface area contributed by atoms with Crippen LogP contribution in [0.4, 0.5) is 0 Å². The zero-order valence-electron chi connectivity index (χ0n) is 9.42. The number of methoxy groups -OCH3 is 1. The maximum atomic E-state index is 5.17. The summed E-state index contributed by atoms with van der Waals surface area (Å²) in [4.78, 5) is 0. The molecular formula is C11H14N4O. The van der Waals surface area contributed by atoms with Crippen molar-refractivity contribution in [1.29, 1.82) is 0 Å². The fourth-order valence-corrected chi connectivity index (χ4v) is 1.53. The first-order valence-electron chi connectivity index (χ1n) is 5.27. The van der Waals surface area contributed by atoms with E-state index in [1.165, 1.54) is 0 Å². The lowest BCUT2D eigenvalue weighted by Crippen LogP contribution is -2.03. The zero-order chi connectivity index (χ0) is 11.4. The van der Waals surface area contributed by atoms with Gasteiger partial charge in [0.05, 0.1) is 12.8 Å². The van der Waals surface area contributed by atoms with Crippen molar-refractivity contribution >= 4 is 0 Å². The summed E-state index contributed by atoms with van der Waals surface area (Å²) < 4.78 is 6.91. The minimum absolute atomic E-state index is 0.801. The first-order valence-corrected chi connectivity index (χ1v) is 5.27. The number of ether oxygens (including phenoxy) is 1. The van der Waals surface area contributed by atoms with Gasteiger partial charge in [0.2, 0.25) is 0 Å². The predicted octanol–water partition coefficient (Wildman–Crippen LogP) is 1.62. The summed E-state index contributed by atoms with van der Waals surface area (Å²) in [5, 5.41) is 11.7. The maximum absolute atomic E-state index is 5.17. The lowest BCUT2D eigenvalue weighted by atomic mass is 10.3. The van der Waals surface area contributed by atoms with Gasteiger partial charge in [-0.1, -0.05) is 13.0 Å². The third-order valence-corrected chi connectivity index (χ3v) is 2.31. The molecule has 84 valence electrons. The van der Waals surface area contributed by atoms with Gasteiger partial charge in [0, 0.05) is 12.5 Å². The summed E-state index contributed by atoms with van der Waals surface area (Å²) in [5.41, 5.74) is 0.924. The van der Waals surface area contributed by atoms with E-state index in [1.807, 2.05) is 24.3 Å². The molecule has 0 saturated heterocycles. The second kappa shape index (κ2) is 4.74. The number of tetrazole rings is 1. The molecule has 0 N–H and O–H groups in total. The SMILES string of the molecule is CCCc1nnnn1-c1cccc(OC)c1. The zero-order valence-corrected chi connectivity index (χ0v) is 9.42. The van der Waals surface area contributed by atoms with E-state index in [0.717, 1.165) is 30.1 Å². The molecule has 1 aromatic heterocycles. The molecule has 2 rings (SSSR count). The number of hydrogen-bond donors (Lipinski definition) is 0. The molecule has 0 unspecified atom stereocenters. The Kier molecular flexibility index (Phi) is 3.14. The third-order valence-electron chi connectivity index (χ3n) is 2.31. The van der Waals surface area contributed by atoms with Crippen molar-refractivity contribution in [3.8, 4) is 11.4 Å². The summed E-state index contributed by atoms with van der Waals surface area (Å²) in [5.74, 6) is 1.67. The summed E-state index contributed by atoms with van der Waals surface area (Å²) >= 11 is 0. The molecule has 0 amide bonds. The highest BCUT2D eigenvalue weighted by atomic mass is 16.5. The second-order valence-electron chi connectivity index (χ2n) is 3.46. The first-order chi connectivity index (χ1) is 7.85. The van der Waals surface area contributed by atoms with E-state index in [9.17, 15) is 0 Å². The highest BCUT2D eigenvalue weighted by Crippen LogP contribution is 2.16. The number of aryl methyl sites for hydroxylation is 1. The Morgan fingerprint density at radius 2 is 2.25 bits per heavy atom. The van der Waals surface area contributed by atoms with Gasteiger partial charge in [-0.25, -0.2) is 0 Å². The lowest BCUT2D eigenvalue weighted by Gasteiger charge is -2.05. The molecule has 5 nitrogen and oxygen atoms in total. The summed E-state index contributed by atoms with van der Waals surface area (Å²) in [6, 6.07) is 7.69. The van der Waals surface area contributed by atoms with Crippen LogP contribution in [0.3, 0.4) is 0 Å². The number of aromatic nitrogens is 4. The molecule has 0 fully saturated rings. The lowest BCUT2D eigenvalue weighted by molar-refractivity contribution is 0.414. The van der Waals surface area contributed by atoms with Gasteiger partial charge < -0.3 is 4.74 Å². The molecule has 1 aromatic carbocycles. The Morgan fingerprint density at radius 3 is 3.00 bits per heavy atom. The Labute approximate surface area is 94.0 Å². The van der Waals surface area contributed by atoms with Crippen LogP contribution < -0.4 is 4.74 Å². The van der Waals surface area contributed by atoms with Crippen molar-refractivity contribution in [3.05, 3.63) is 30.1 Å². The monoisotopic (exact) mass is 218 g/mol. The molecule has 16 heavy (non-hydrogen) atoms. The van der Waals surface area contributed by atoms with E-state index >= 15 is 0 Å². The molecule has 5 heteroatoms. The number of benzene rings is 1. The highest BCUT2D eigenvalue weighted by molar-refractivity contribution is 5.38. The summed E-state index contributed by atoms with van der Waals surface area (Å²) in [6.07, 6.45) is 1.88. The largest absolute Gasteiger partial charge is 0.497 e. The molecule has 0 spiro atoms. The van der Waals surface area contributed by atoms with Gasteiger partial charge in [0.1, 0.15) is 5.75 Å². The van der Waals surface area contributed by atoms with Crippen LogP contribution in [0, 0.1) is 0 Å². The van der Waals surface area contributed by atoms with E-state index in [4.69, 9.17) is 4.74 Å². The van der Waals surface area contributed by atoms with Gasteiger partial charge in [-0.05, 0) is 29.0 Å². The fourth-order valence-electron chi connectivity index (χ4n) is 1.53. The average molecular weight is 218 g/mol. The minimum atomic E-state index is 0.801. The van der Waals surface area contributed by atoms with E-state index in [-0.39, 0.29) is 0 Å². The van der Waals surface area contributed by atoms with E-state index in [1.54, 1.807) is 11.8 Å². The summed E-state index contributed by atoms with van der Waals surface area (Å²) in [7, 11) is 1.64. The average Bonchev–Trinajstić information content (AvgIpc) is 2.78. The van der Waals surface area contributed by atoms with Gasteiger partial charge in [-0.15, -0.1) is 5.10 Å². The van der Waals surface area contributed by atoms with Crippen LogP contribution in [0.5, 0.6) is 5.75 Å². The van der Waals surface area contributed by atoms with Crippen LogP contribution in [0.15, 0.2) is 24.3 Å². The van der Waals surface area contributed by atoms with E-state index in [2.05, 4.69) is 22.4 Å². The van der Waals surface area contributed by atoms with Gasteiger partial charge >= 0.3 is 0 Å². The quantitative estimate of drug-likeness (QED) is 0.782. The van der Waals surface area contributed by atoms with Crippen LogP contribution in [-0.2, 0) is 6.42 Å². The fraction of sp³-hybridized carbons (Fsp3) is 0.364. The molecule has 1 heterocycles. The van der Waals surface area contributed by atoms with Gasteiger partial charge in [-0.2, -0.15) is 4.68 Å². The van der Waals surface area contributed by atoms with Gasteiger partial charge in [0.25, 0.3) is 0 Å².